The molecule has 0 radical (unpaired) electrons. The van der Waals surface area contributed by atoms with Crippen LogP contribution in [0.2, 0.25) is 0 Å². The van der Waals surface area contributed by atoms with Gasteiger partial charge in [-0.25, -0.2) is 15.0 Å². The quantitative estimate of drug-likeness (QED) is 0.236. The van der Waals surface area contributed by atoms with Gasteiger partial charge in [0, 0.05) is 31.1 Å². The minimum atomic E-state index is -0.605. The number of ether oxygens (including phenoxy) is 2. The third-order valence-electron chi connectivity index (χ3n) is 9.16. The van der Waals surface area contributed by atoms with Gasteiger partial charge in [0.2, 0.25) is 0 Å². The molecule has 0 spiro atoms. The number of aryl methyl sites for hydroxylation is 1. The highest BCUT2D eigenvalue weighted by Crippen LogP contribution is 2.48. The number of anilines is 1. The number of rotatable bonds is 9. The van der Waals surface area contributed by atoms with Crippen molar-refractivity contribution in [3.63, 3.8) is 0 Å². The molecule has 1 aliphatic carbocycles. The Bertz CT molecular complexity index is 1550. The van der Waals surface area contributed by atoms with Crippen LogP contribution in [0.3, 0.4) is 0 Å². The van der Waals surface area contributed by atoms with Crippen molar-refractivity contribution in [1.29, 1.82) is 0 Å². The number of benzene rings is 1. The van der Waals surface area contributed by atoms with E-state index in [-0.39, 0.29) is 23.7 Å². The summed E-state index contributed by atoms with van der Waals surface area (Å²) in [6, 6.07) is 9.20. The van der Waals surface area contributed by atoms with E-state index in [1.54, 1.807) is 6.33 Å². The molecule has 6 rings (SSSR count). The van der Waals surface area contributed by atoms with E-state index in [4.69, 9.17) is 20.2 Å². The molecule has 0 bridgehead atoms. The molecule has 1 saturated carbocycles. The minimum absolute atomic E-state index is 0.0299. The number of imidazole rings is 1. The predicted octanol–water partition coefficient (Wildman–Crippen LogP) is 6.00. The number of nitrogens with two attached hydrogens (primary N) is 1. The van der Waals surface area contributed by atoms with E-state index in [0.717, 1.165) is 66.7 Å². The molecule has 2 fully saturated rings. The largest absolute Gasteiger partial charge is 0.383 e. The van der Waals surface area contributed by atoms with Crippen molar-refractivity contribution < 1.29 is 9.47 Å². The summed E-state index contributed by atoms with van der Waals surface area (Å²) in [6.45, 7) is 17.4. The first kappa shape index (κ1) is 29.1. The number of fused-ring (bicyclic) bond motifs is 3. The fourth-order valence-corrected chi connectivity index (χ4v) is 6.88. The van der Waals surface area contributed by atoms with E-state index in [2.05, 4.69) is 83.4 Å². The predicted molar refractivity (Wildman–Crippen MR) is 167 cm³/mol. The molecule has 9 heteroatoms. The van der Waals surface area contributed by atoms with Gasteiger partial charge in [-0.15, -0.1) is 0 Å². The lowest BCUT2D eigenvalue weighted by Crippen LogP contribution is -2.39. The highest BCUT2D eigenvalue weighted by molar-refractivity contribution is 5.86. The van der Waals surface area contributed by atoms with Crippen molar-refractivity contribution in [2.24, 2.45) is 5.92 Å². The van der Waals surface area contributed by atoms with Crippen molar-refractivity contribution in [3.8, 4) is 0 Å². The van der Waals surface area contributed by atoms with Crippen molar-refractivity contribution in [2.45, 2.75) is 110 Å². The van der Waals surface area contributed by atoms with Crippen LogP contribution in [0, 0.1) is 5.92 Å². The molecule has 4 atom stereocenters. The first-order valence-electron chi connectivity index (χ1n) is 15.6. The van der Waals surface area contributed by atoms with Crippen LogP contribution in [-0.4, -0.2) is 66.5 Å². The maximum Gasteiger partial charge on any atom is 0.163 e. The normalized spacial score (nSPS) is 24.0. The number of hydrogen-bond acceptors (Lipinski definition) is 7. The molecular formula is C33H47N7O2. The Labute approximate surface area is 249 Å². The summed E-state index contributed by atoms with van der Waals surface area (Å²) in [4.78, 5) is 19.8. The molecule has 3 aromatic heterocycles. The van der Waals surface area contributed by atoms with Gasteiger partial charge in [-0.3, -0.25) is 0 Å². The van der Waals surface area contributed by atoms with Gasteiger partial charge in [0.25, 0.3) is 0 Å². The summed E-state index contributed by atoms with van der Waals surface area (Å²) in [7, 11) is 0. The number of nitrogens with zero attached hydrogens (tertiary/aromatic N) is 5. The lowest BCUT2D eigenvalue weighted by Gasteiger charge is -2.31. The maximum atomic E-state index is 6.54. The molecular weight excluding hydrogens is 526 g/mol. The average molecular weight is 574 g/mol. The molecule has 2 aliphatic rings. The number of nitrogen functional groups attached to an aromatic ring is 1. The van der Waals surface area contributed by atoms with Gasteiger partial charge in [-0.05, 0) is 82.7 Å². The lowest BCUT2D eigenvalue weighted by molar-refractivity contribution is -0.161. The fraction of sp³-hybridized carbons (Fsp3) is 0.606. The SMILES string of the molecule is CC(C)N(CCCCc1nc2cc(C(C)(C)C)ccc2[nH]1)CC1C[C@@H](n2ccc3c(N)ncnc32)[C@@H]2OC(C)(C)O[C@H]12. The second-order valence-corrected chi connectivity index (χ2v) is 14.1. The Morgan fingerprint density at radius 2 is 1.90 bits per heavy atom. The second kappa shape index (κ2) is 10.9. The number of aromatic nitrogens is 5. The number of aromatic amines is 1. The number of nitrogens with one attached hydrogen (secondary N) is 1. The van der Waals surface area contributed by atoms with Gasteiger partial charge in [0.05, 0.1) is 28.6 Å². The smallest absolute Gasteiger partial charge is 0.163 e. The number of unbranched alkanes of at least 4 members (excludes halogenated alkanes) is 1. The highest BCUT2D eigenvalue weighted by atomic mass is 16.8. The Morgan fingerprint density at radius 3 is 2.67 bits per heavy atom. The molecule has 226 valence electrons. The van der Waals surface area contributed by atoms with Crippen LogP contribution < -0.4 is 5.73 Å². The summed E-state index contributed by atoms with van der Waals surface area (Å²) in [5.74, 6) is 1.34. The topological polar surface area (TPSA) is 107 Å². The van der Waals surface area contributed by atoms with E-state index in [1.165, 1.54) is 5.56 Å². The zero-order valence-electron chi connectivity index (χ0n) is 26.2. The fourth-order valence-electron chi connectivity index (χ4n) is 6.88. The average Bonchev–Trinajstić information content (AvgIpc) is 3.66. The third kappa shape index (κ3) is 5.66. The van der Waals surface area contributed by atoms with Gasteiger partial charge >= 0.3 is 0 Å². The molecule has 1 aromatic carbocycles. The summed E-state index contributed by atoms with van der Waals surface area (Å²) >= 11 is 0. The summed E-state index contributed by atoms with van der Waals surface area (Å²) in [5.41, 5.74) is 10.6. The van der Waals surface area contributed by atoms with E-state index >= 15 is 0 Å². The van der Waals surface area contributed by atoms with Crippen LogP contribution in [0.4, 0.5) is 5.82 Å². The minimum Gasteiger partial charge on any atom is -0.383 e. The molecule has 4 heterocycles. The Balaban J connectivity index is 1.11. The van der Waals surface area contributed by atoms with Crippen LogP contribution in [0.5, 0.6) is 0 Å². The second-order valence-electron chi connectivity index (χ2n) is 14.1. The molecule has 4 aromatic rings. The molecule has 1 unspecified atom stereocenters. The number of hydrogen-bond donors (Lipinski definition) is 2. The summed E-state index contributed by atoms with van der Waals surface area (Å²) in [6.07, 6.45) is 7.77. The van der Waals surface area contributed by atoms with E-state index in [9.17, 15) is 0 Å². The molecule has 9 nitrogen and oxygen atoms in total. The van der Waals surface area contributed by atoms with Gasteiger partial charge in [0.1, 0.15) is 29.7 Å². The monoisotopic (exact) mass is 573 g/mol. The van der Waals surface area contributed by atoms with E-state index < -0.39 is 5.79 Å². The molecule has 3 N–H and O–H groups in total. The maximum absolute atomic E-state index is 6.54. The van der Waals surface area contributed by atoms with Crippen molar-refractivity contribution in [2.75, 3.05) is 18.8 Å². The Morgan fingerprint density at radius 1 is 1.12 bits per heavy atom. The first-order chi connectivity index (χ1) is 19.9. The standard InChI is InChI=1S/C33H47N7O2/c1-20(2)39(14-9-8-10-27-37-24-12-11-22(32(3,4)5)17-25(24)38-27)18-21-16-26(29-28(21)41-33(6,7)42-29)40-15-13-23-30(34)35-19-36-31(23)40/h11-13,15,17,19-21,26,28-29H,8-10,14,16,18H2,1-7H3,(H,37,38)(H2,34,35,36)/t21?,26-,28-,29+/m1/s1. The lowest BCUT2D eigenvalue weighted by atomic mass is 9.87. The van der Waals surface area contributed by atoms with E-state index in [1.807, 2.05) is 19.9 Å². The van der Waals surface area contributed by atoms with Gasteiger partial charge in [-0.2, -0.15) is 0 Å². The van der Waals surface area contributed by atoms with Gasteiger partial charge in [0.15, 0.2) is 5.79 Å². The van der Waals surface area contributed by atoms with Gasteiger partial charge < -0.3 is 29.7 Å². The molecule has 1 aliphatic heterocycles. The van der Waals surface area contributed by atoms with Crippen LogP contribution >= 0.6 is 0 Å². The highest BCUT2D eigenvalue weighted by Gasteiger charge is 2.55. The molecule has 1 saturated heterocycles. The van der Waals surface area contributed by atoms with Crippen LogP contribution in [-0.2, 0) is 21.3 Å². The number of H-pyrrole nitrogens is 1. The summed E-state index contributed by atoms with van der Waals surface area (Å²) in [5, 5.41) is 0.888. The zero-order valence-corrected chi connectivity index (χ0v) is 26.2. The summed E-state index contributed by atoms with van der Waals surface area (Å²) < 4.78 is 15.3. The van der Waals surface area contributed by atoms with Crippen molar-refractivity contribution in [1.82, 2.24) is 29.4 Å². The first-order valence-corrected chi connectivity index (χ1v) is 15.6. The Hall–Kier alpha value is -3.01. The van der Waals surface area contributed by atoms with E-state index in [0.29, 0.717) is 17.8 Å². The molecule has 0 amide bonds. The Kier molecular flexibility index (Phi) is 7.56. The van der Waals surface area contributed by atoms with Crippen LogP contribution in [0.25, 0.3) is 22.1 Å². The molecule has 42 heavy (non-hydrogen) atoms. The van der Waals surface area contributed by atoms with Crippen LogP contribution in [0.15, 0.2) is 36.8 Å². The van der Waals surface area contributed by atoms with Crippen LogP contribution in [0.1, 0.15) is 85.2 Å². The van der Waals surface area contributed by atoms with Gasteiger partial charge in [-0.1, -0.05) is 26.8 Å². The van der Waals surface area contributed by atoms with Crippen molar-refractivity contribution >= 4 is 27.9 Å². The zero-order chi connectivity index (χ0) is 29.8. The van der Waals surface area contributed by atoms with Crippen molar-refractivity contribution in [3.05, 3.63) is 48.2 Å². The third-order valence-corrected chi connectivity index (χ3v) is 9.16.